The lowest BCUT2D eigenvalue weighted by Crippen LogP contribution is -2.33. The Bertz CT molecular complexity index is 882. The van der Waals surface area contributed by atoms with Crippen molar-refractivity contribution >= 4 is 5.97 Å². The Labute approximate surface area is 130 Å². The van der Waals surface area contributed by atoms with Crippen LogP contribution in [-0.4, -0.2) is 30.2 Å². The van der Waals surface area contributed by atoms with E-state index in [4.69, 9.17) is 14.2 Å². The molecule has 1 aromatic heterocycles. The molecule has 1 atom stereocenters. The first-order valence-corrected chi connectivity index (χ1v) is 6.82. The maximum atomic E-state index is 12.1. The normalized spacial score (nSPS) is 16.4. The summed E-state index contributed by atoms with van der Waals surface area (Å²) in [5.41, 5.74) is -0.430. The number of esters is 1. The quantitative estimate of drug-likeness (QED) is 0.798. The average molecular weight is 318 g/mol. The van der Waals surface area contributed by atoms with Gasteiger partial charge in [-0.2, -0.15) is 0 Å². The van der Waals surface area contributed by atoms with Crippen LogP contribution in [0, 0.1) is 0 Å². The molecule has 120 valence electrons. The fraction of sp³-hybridized carbons (Fsp3) is 0.267. The summed E-state index contributed by atoms with van der Waals surface area (Å²) >= 11 is 0. The number of methoxy groups -OCH3 is 2. The summed E-state index contributed by atoms with van der Waals surface area (Å²) < 4.78 is 15.4. The number of aromatic amines is 2. The minimum Gasteiger partial charge on any atom is -0.493 e. The van der Waals surface area contributed by atoms with Gasteiger partial charge in [0.2, 0.25) is 5.88 Å². The summed E-state index contributed by atoms with van der Waals surface area (Å²) in [5, 5.41) is 0. The topological polar surface area (TPSA) is 110 Å². The molecule has 0 radical (unpaired) electrons. The van der Waals surface area contributed by atoms with Gasteiger partial charge in [-0.25, -0.2) is 4.79 Å². The van der Waals surface area contributed by atoms with Crippen LogP contribution >= 0.6 is 0 Å². The molecular formula is C15H14N2O6. The van der Waals surface area contributed by atoms with Gasteiger partial charge in [0.05, 0.1) is 26.2 Å². The maximum absolute atomic E-state index is 12.1. The standard InChI is InChI=1S/C15H14N2O6/c1-21-9-4-3-7(5-10(9)22-2)8-6-11(18)23-14-12(8)13(19)16-15(20)17-14/h3-5,8H,6H2,1-2H3,(H2,16,17,19,20). The van der Waals surface area contributed by atoms with E-state index in [0.29, 0.717) is 17.1 Å². The van der Waals surface area contributed by atoms with Gasteiger partial charge in [0.1, 0.15) is 0 Å². The van der Waals surface area contributed by atoms with Gasteiger partial charge in [-0.3, -0.25) is 19.6 Å². The van der Waals surface area contributed by atoms with Crippen molar-refractivity contribution in [1.29, 1.82) is 0 Å². The first-order valence-electron chi connectivity index (χ1n) is 6.82. The van der Waals surface area contributed by atoms with E-state index in [2.05, 4.69) is 9.97 Å². The van der Waals surface area contributed by atoms with Gasteiger partial charge < -0.3 is 14.2 Å². The zero-order valence-corrected chi connectivity index (χ0v) is 12.5. The van der Waals surface area contributed by atoms with Crippen molar-refractivity contribution in [2.45, 2.75) is 12.3 Å². The van der Waals surface area contributed by atoms with Crippen LogP contribution in [0.1, 0.15) is 23.5 Å². The first-order chi connectivity index (χ1) is 11.0. The molecular weight excluding hydrogens is 304 g/mol. The van der Waals surface area contributed by atoms with E-state index in [1.807, 2.05) is 0 Å². The second-order valence-electron chi connectivity index (χ2n) is 5.00. The summed E-state index contributed by atoms with van der Waals surface area (Å²) in [6, 6.07) is 5.11. The number of fused-ring (bicyclic) bond motifs is 1. The molecule has 0 amide bonds. The molecule has 1 aromatic carbocycles. The van der Waals surface area contributed by atoms with Crippen molar-refractivity contribution in [3.05, 3.63) is 50.2 Å². The fourth-order valence-corrected chi connectivity index (χ4v) is 2.65. The van der Waals surface area contributed by atoms with Crippen LogP contribution in [-0.2, 0) is 4.79 Å². The molecule has 0 aliphatic carbocycles. The van der Waals surface area contributed by atoms with Crippen molar-refractivity contribution in [3.8, 4) is 17.4 Å². The van der Waals surface area contributed by atoms with Crippen LogP contribution in [0.2, 0.25) is 0 Å². The third kappa shape index (κ3) is 2.59. The zero-order chi connectivity index (χ0) is 16.6. The van der Waals surface area contributed by atoms with Crippen LogP contribution in [0.15, 0.2) is 27.8 Å². The van der Waals surface area contributed by atoms with Gasteiger partial charge in [-0.15, -0.1) is 0 Å². The molecule has 1 aliphatic rings. The molecule has 8 nitrogen and oxygen atoms in total. The Hall–Kier alpha value is -3.03. The number of aromatic nitrogens is 2. The Morgan fingerprint density at radius 3 is 2.52 bits per heavy atom. The molecule has 0 spiro atoms. The Balaban J connectivity index is 2.17. The maximum Gasteiger partial charge on any atom is 0.328 e. The lowest BCUT2D eigenvalue weighted by Gasteiger charge is -2.23. The average Bonchev–Trinajstić information content (AvgIpc) is 2.52. The third-order valence-corrected chi connectivity index (χ3v) is 3.69. The van der Waals surface area contributed by atoms with Crippen LogP contribution in [0.3, 0.4) is 0 Å². The second-order valence-corrected chi connectivity index (χ2v) is 5.00. The number of carbonyl (C=O) groups excluding carboxylic acids is 1. The number of hydrogen-bond acceptors (Lipinski definition) is 6. The third-order valence-electron chi connectivity index (χ3n) is 3.69. The number of carbonyl (C=O) groups is 1. The lowest BCUT2D eigenvalue weighted by atomic mass is 9.88. The highest BCUT2D eigenvalue weighted by Gasteiger charge is 2.32. The highest BCUT2D eigenvalue weighted by atomic mass is 16.5. The summed E-state index contributed by atoms with van der Waals surface area (Å²) in [5.74, 6) is -0.184. The number of benzene rings is 1. The molecule has 0 saturated heterocycles. The van der Waals surface area contributed by atoms with Crippen molar-refractivity contribution in [2.24, 2.45) is 0 Å². The molecule has 8 heteroatoms. The lowest BCUT2D eigenvalue weighted by molar-refractivity contribution is -0.136. The highest BCUT2D eigenvalue weighted by molar-refractivity contribution is 5.76. The zero-order valence-electron chi connectivity index (χ0n) is 12.5. The Morgan fingerprint density at radius 2 is 1.83 bits per heavy atom. The molecule has 0 fully saturated rings. The predicted octanol–water partition coefficient (Wildman–Crippen LogP) is 0.521. The van der Waals surface area contributed by atoms with Crippen molar-refractivity contribution < 1.29 is 19.0 Å². The summed E-state index contributed by atoms with van der Waals surface area (Å²) in [6.07, 6.45) is -0.0163. The molecule has 2 aromatic rings. The van der Waals surface area contributed by atoms with E-state index < -0.39 is 23.1 Å². The molecule has 2 N–H and O–H groups in total. The van der Waals surface area contributed by atoms with Gasteiger partial charge in [-0.1, -0.05) is 6.07 Å². The van der Waals surface area contributed by atoms with Crippen LogP contribution in [0.5, 0.6) is 17.4 Å². The first kappa shape index (κ1) is 14.9. The number of hydrogen-bond donors (Lipinski definition) is 2. The summed E-state index contributed by atoms with van der Waals surface area (Å²) in [6.45, 7) is 0. The number of H-pyrrole nitrogens is 2. The largest absolute Gasteiger partial charge is 0.493 e. The molecule has 2 heterocycles. The van der Waals surface area contributed by atoms with Gasteiger partial charge in [-0.05, 0) is 17.7 Å². The molecule has 0 saturated carbocycles. The van der Waals surface area contributed by atoms with E-state index in [0.717, 1.165) is 0 Å². The Kier molecular flexibility index (Phi) is 3.65. The monoisotopic (exact) mass is 318 g/mol. The SMILES string of the molecule is COc1ccc(C2CC(=O)Oc3[nH]c(=O)[nH]c(=O)c32)cc1OC. The molecule has 23 heavy (non-hydrogen) atoms. The van der Waals surface area contributed by atoms with Gasteiger partial charge in [0, 0.05) is 5.92 Å². The summed E-state index contributed by atoms with van der Waals surface area (Å²) in [4.78, 5) is 39.8. The van der Waals surface area contributed by atoms with E-state index in [1.54, 1.807) is 18.2 Å². The minimum atomic E-state index is -0.727. The van der Waals surface area contributed by atoms with Gasteiger partial charge >= 0.3 is 11.7 Å². The van der Waals surface area contributed by atoms with E-state index in [-0.39, 0.29) is 17.9 Å². The van der Waals surface area contributed by atoms with Crippen molar-refractivity contribution in [2.75, 3.05) is 14.2 Å². The van der Waals surface area contributed by atoms with Gasteiger partial charge in [0.25, 0.3) is 5.56 Å². The Morgan fingerprint density at radius 1 is 1.09 bits per heavy atom. The number of rotatable bonds is 3. The smallest absolute Gasteiger partial charge is 0.328 e. The molecule has 0 bridgehead atoms. The van der Waals surface area contributed by atoms with Crippen LogP contribution in [0.4, 0.5) is 0 Å². The van der Waals surface area contributed by atoms with E-state index in [1.165, 1.54) is 14.2 Å². The number of nitrogens with one attached hydrogen (secondary N) is 2. The minimum absolute atomic E-state index is 0.0163. The molecule has 1 aliphatic heterocycles. The second kappa shape index (κ2) is 5.64. The number of ether oxygens (including phenoxy) is 3. The van der Waals surface area contributed by atoms with E-state index >= 15 is 0 Å². The fourth-order valence-electron chi connectivity index (χ4n) is 2.65. The van der Waals surface area contributed by atoms with Crippen LogP contribution in [0.25, 0.3) is 0 Å². The van der Waals surface area contributed by atoms with Crippen molar-refractivity contribution in [3.63, 3.8) is 0 Å². The molecule has 3 rings (SSSR count). The van der Waals surface area contributed by atoms with Gasteiger partial charge in [0.15, 0.2) is 11.5 Å². The predicted molar refractivity (Wildman–Crippen MR) is 79.3 cm³/mol. The highest BCUT2D eigenvalue weighted by Crippen LogP contribution is 2.38. The van der Waals surface area contributed by atoms with Crippen molar-refractivity contribution in [1.82, 2.24) is 9.97 Å². The summed E-state index contributed by atoms with van der Waals surface area (Å²) in [7, 11) is 3.01. The molecule has 1 unspecified atom stereocenters. The van der Waals surface area contributed by atoms with E-state index in [9.17, 15) is 14.4 Å². The van der Waals surface area contributed by atoms with Crippen LogP contribution < -0.4 is 25.5 Å².